The van der Waals surface area contributed by atoms with Crippen LogP contribution in [0.2, 0.25) is 0 Å². The van der Waals surface area contributed by atoms with Gasteiger partial charge in [0.05, 0.1) is 9.79 Å². The summed E-state index contributed by atoms with van der Waals surface area (Å²) in [5, 5.41) is 0. The highest BCUT2D eigenvalue weighted by molar-refractivity contribution is 7.89. The summed E-state index contributed by atoms with van der Waals surface area (Å²) in [5.41, 5.74) is 0. The maximum absolute atomic E-state index is 13.1. The molecule has 3 fully saturated rings. The number of rotatable bonds is 5. The highest BCUT2D eigenvalue weighted by atomic mass is 32.2. The number of piperazine rings is 1. The van der Waals surface area contributed by atoms with Crippen LogP contribution < -0.4 is 0 Å². The number of benzene rings is 1. The summed E-state index contributed by atoms with van der Waals surface area (Å²) in [7, 11) is -7.22. The van der Waals surface area contributed by atoms with Gasteiger partial charge in [-0.1, -0.05) is 25.7 Å². The van der Waals surface area contributed by atoms with Gasteiger partial charge in [-0.25, -0.2) is 16.8 Å². The molecule has 1 aliphatic carbocycles. The lowest BCUT2D eigenvalue weighted by Crippen LogP contribution is -2.52. The second-order valence-electron chi connectivity index (χ2n) is 9.16. The fourth-order valence-corrected chi connectivity index (χ4v) is 8.37. The van der Waals surface area contributed by atoms with E-state index < -0.39 is 20.0 Å². The molecule has 174 valence electrons. The molecule has 9 heteroatoms. The van der Waals surface area contributed by atoms with Crippen molar-refractivity contribution in [1.29, 1.82) is 0 Å². The molecule has 0 spiro atoms. The Hall–Kier alpha value is -1.00. The highest BCUT2D eigenvalue weighted by Crippen LogP contribution is 2.28. The average Bonchev–Trinajstić information content (AvgIpc) is 2.80. The van der Waals surface area contributed by atoms with Crippen molar-refractivity contribution >= 4 is 20.0 Å². The van der Waals surface area contributed by atoms with E-state index in [1.165, 1.54) is 56.4 Å². The first kappa shape index (κ1) is 23.2. The lowest BCUT2D eigenvalue weighted by atomic mass is 9.94. The Morgan fingerprint density at radius 1 is 0.677 bits per heavy atom. The quantitative estimate of drug-likeness (QED) is 0.663. The van der Waals surface area contributed by atoms with Crippen LogP contribution in [-0.4, -0.2) is 75.2 Å². The smallest absolute Gasteiger partial charge is 0.243 e. The van der Waals surface area contributed by atoms with Gasteiger partial charge in [0.1, 0.15) is 0 Å². The molecule has 0 bridgehead atoms. The van der Waals surface area contributed by atoms with Crippen molar-refractivity contribution in [3.05, 3.63) is 24.3 Å². The molecular weight excluding hydrogens is 434 g/mol. The van der Waals surface area contributed by atoms with Gasteiger partial charge >= 0.3 is 0 Å². The summed E-state index contributed by atoms with van der Waals surface area (Å²) in [6.07, 6.45) is 9.06. The van der Waals surface area contributed by atoms with E-state index in [0.29, 0.717) is 25.7 Å². The molecule has 4 rings (SSSR count). The van der Waals surface area contributed by atoms with Crippen molar-refractivity contribution in [2.24, 2.45) is 0 Å². The van der Waals surface area contributed by atoms with Crippen LogP contribution in [0.5, 0.6) is 0 Å². The predicted octanol–water partition coefficient (Wildman–Crippen LogP) is 2.89. The Labute approximate surface area is 187 Å². The van der Waals surface area contributed by atoms with Crippen LogP contribution in [0.25, 0.3) is 0 Å². The van der Waals surface area contributed by atoms with Crippen LogP contribution >= 0.6 is 0 Å². The molecule has 0 radical (unpaired) electrons. The molecule has 3 aliphatic rings. The van der Waals surface area contributed by atoms with E-state index in [-0.39, 0.29) is 15.8 Å². The third kappa shape index (κ3) is 4.85. The van der Waals surface area contributed by atoms with Gasteiger partial charge in [-0.15, -0.1) is 0 Å². The maximum Gasteiger partial charge on any atom is 0.243 e. The third-order valence-electron chi connectivity index (χ3n) is 7.17. The summed E-state index contributed by atoms with van der Waals surface area (Å²) >= 11 is 0. The van der Waals surface area contributed by atoms with Crippen molar-refractivity contribution in [3.8, 4) is 0 Å². The topological polar surface area (TPSA) is 78.0 Å². The van der Waals surface area contributed by atoms with Crippen LogP contribution in [0.1, 0.15) is 58.3 Å². The molecule has 1 atom stereocenters. The molecule has 1 aromatic carbocycles. The molecule has 2 aliphatic heterocycles. The van der Waals surface area contributed by atoms with Gasteiger partial charge in [-0.2, -0.15) is 8.61 Å². The lowest BCUT2D eigenvalue weighted by molar-refractivity contribution is 0.111. The van der Waals surface area contributed by atoms with E-state index in [1.807, 2.05) is 6.92 Å². The van der Waals surface area contributed by atoms with Gasteiger partial charge in [0.2, 0.25) is 20.0 Å². The van der Waals surface area contributed by atoms with Crippen LogP contribution in [-0.2, 0) is 20.0 Å². The van der Waals surface area contributed by atoms with Crippen LogP contribution in [0.3, 0.4) is 0 Å². The number of sulfonamides is 2. The minimum absolute atomic E-state index is 0.0254. The van der Waals surface area contributed by atoms with Gasteiger partial charge in [0.25, 0.3) is 0 Å². The lowest BCUT2D eigenvalue weighted by Gasteiger charge is -2.40. The standard InChI is InChI=1S/C22H35N3O4S2/c1-19-7-5-6-14-25(19)31(28,29)22-12-10-21(11-13-22)30(26,27)24-17-15-23(16-18-24)20-8-3-2-4-9-20/h10-13,19-20H,2-9,14-18H2,1H3. The Kier molecular flexibility index (Phi) is 7.08. The number of hydrogen-bond acceptors (Lipinski definition) is 5. The Morgan fingerprint density at radius 2 is 1.23 bits per heavy atom. The Balaban J connectivity index is 1.43. The van der Waals surface area contributed by atoms with Gasteiger partial charge in [0, 0.05) is 44.8 Å². The second-order valence-corrected chi connectivity index (χ2v) is 13.0. The highest BCUT2D eigenvalue weighted by Gasteiger charge is 2.33. The second kappa shape index (κ2) is 9.47. The fourth-order valence-electron chi connectivity index (χ4n) is 5.25. The van der Waals surface area contributed by atoms with E-state index in [9.17, 15) is 16.8 Å². The van der Waals surface area contributed by atoms with Crippen molar-refractivity contribution < 1.29 is 16.8 Å². The molecule has 1 unspecified atom stereocenters. The first-order valence-electron chi connectivity index (χ1n) is 11.7. The Morgan fingerprint density at radius 3 is 1.81 bits per heavy atom. The van der Waals surface area contributed by atoms with E-state index in [2.05, 4.69) is 4.90 Å². The third-order valence-corrected chi connectivity index (χ3v) is 11.1. The van der Waals surface area contributed by atoms with Crippen molar-refractivity contribution in [2.75, 3.05) is 32.7 Å². The molecule has 7 nitrogen and oxygen atoms in total. The van der Waals surface area contributed by atoms with Crippen LogP contribution in [0.4, 0.5) is 0 Å². The first-order chi connectivity index (χ1) is 14.8. The molecule has 31 heavy (non-hydrogen) atoms. The monoisotopic (exact) mass is 469 g/mol. The van der Waals surface area contributed by atoms with Crippen molar-refractivity contribution in [1.82, 2.24) is 13.5 Å². The molecule has 1 aromatic rings. The van der Waals surface area contributed by atoms with Gasteiger partial charge < -0.3 is 0 Å². The summed E-state index contributed by atoms with van der Waals surface area (Å²) < 4.78 is 55.4. The predicted molar refractivity (Wildman–Crippen MR) is 121 cm³/mol. The first-order valence-corrected chi connectivity index (χ1v) is 14.5. The largest absolute Gasteiger partial charge is 0.298 e. The number of piperidine rings is 1. The number of nitrogens with zero attached hydrogens (tertiary/aromatic N) is 3. The normalized spacial score (nSPS) is 26.2. The summed E-state index contributed by atoms with van der Waals surface area (Å²) in [6.45, 7) is 4.97. The van der Waals surface area contributed by atoms with Gasteiger partial charge in [-0.05, 0) is 56.9 Å². The van der Waals surface area contributed by atoms with E-state index in [1.54, 1.807) is 8.61 Å². The zero-order valence-corrected chi connectivity index (χ0v) is 20.1. The van der Waals surface area contributed by atoms with Gasteiger partial charge in [0.15, 0.2) is 0 Å². The summed E-state index contributed by atoms with van der Waals surface area (Å²) in [6, 6.07) is 6.36. The van der Waals surface area contributed by atoms with Gasteiger partial charge in [-0.3, -0.25) is 4.90 Å². The Bertz CT molecular complexity index is 949. The molecule has 1 saturated carbocycles. The SMILES string of the molecule is CC1CCCCN1S(=O)(=O)c1ccc(S(=O)(=O)N2CCN(C3CCCCC3)CC2)cc1. The van der Waals surface area contributed by atoms with Crippen LogP contribution in [0, 0.1) is 0 Å². The van der Waals surface area contributed by atoms with Crippen LogP contribution in [0.15, 0.2) is 34.1 Å². The van der Waals surface area contributed by atoms with Crippen molar-refractivity contribution in [2.45, 2.75) is 80.2 Å². The minimum atomic E-state index is -3.62. The average molecular weight is 470 g/mol. The maximum atomic E-state index is 13.1. The molecule has 0 aromatic heterocycles. The van der Waals surface area contributed by atoms with E-state index in [4.69, 9.17) is 0 Å². The molecular formula is C22H35N3O4S2. The molecule has 2 heterocycles. The molecule has 0 N–H and O–H groups in total. The van der Waals surface area contributed by atoms with E-state index >= 15 is 0 Å². The minimum Gasteiger partial charge on any atom is -0.298 e. The zero-order chi connectivity index (χ0) is 22.1. The molecule has 0 amide bonds. The van der Waals surface area contributed by atoms with Crippen molar-refractivity contribution in [3.63, 3.8) is 0 Å². The summed E-state index contributed by atoms with van der Waals surface area (Å²) in [4.78, 5) is 2.78. The molecule has 2 saturated heterocycles. The zero-order valence-electron chi connectivity index (χ0n) is 18.4. The number of hydrogen-bond donors (Lipinski definition) is 0. The summed E-state index contributed by atoms with van der Waals surface area (Å²) in [5.74, 6) is 0. The fraction of sp³-hybridized carbons (Fsp3) is 0.727. The van der Waals surface area contributed by atoms with E-state index in [0.717, 1.165) is 32.4 Å².